The van der Waals surface area contributed by atoms with E-state index in [4.69, 9.17) is 10.1 Å². The summed E-state index contributed by atoms with van der Waals surface area (Å²) in [5.41, 5.74) is 0. The summed E-state index contributed by atoms with van der Waals surface area (Å²) in [6.07, 6.45) is 3.23. The Kier molecular flexibility index (Phi) is 4.88. The third-order valence-electron chi connectivity index (χ3n) is 2.91. The molecule has 0 aromatic carbocycles. The van der Waals surface area contributed by atoms with E-state index in [0.717, 1.165) is 32.4 Å². The molecule has 4 nitrogen and oxygen atoms in total. The Morgan fingerprint density at radius 2 is 2.21 bits per heavy atom. The van der Waals surface area contributed by atoms with E-state index >= 15 is 0 Å². The van der Waals surface area contributed by atoms with Crippen molar-refractivity contribution in [2.24, 2.45) is 5.92 Å². The second-order valence-electron chi connectivity index (χ2n) is 3.76. The maximum absolute atomic E-state index is 8.81. The molecule has 14 heavy (non-hydrogen) atoms. The number of nitriles is 1. The molecule has 0 aliphatic carbocycles. The van der Waals surface area contributed by atoms with Crippen LogP contribution in [-0.4, -0.2) is 38.4 Å². The van der Waals surface area contributed by atoms with Crippen molar-refractivity contribution < 1.29 is 4.84 Å². The lowest BCUT2D eigenvalue weighted by Gasteiger charge is -2.30. The van der Waals surface area contributed by atoms with Crippen molar-refractivity contribution in [2.75, 3.05) is 27.2 Å². The molecule has 1 N–H and O–H groups in total. The smallest absolute Gasteiger partial charge is 0.0953 e. The maximum Gasteiger partial charge on any atom is 0.0953 e. The van der Waals surface area contributed by atoms with Crippen molar-refractivity contribution in [3.63, 3.8) is 0 Å². The zero-order valence-electron chi connectivity index (χ0n) is 8.99. The van der Waals surface area contributed by atoms with Crippen LogP contribution in [0.1, 0.15) is 19.3 Å². The molecule has 1 atom stereocenters. The van der Waals surface area contributed by atoms with Gasteiger partial charge in [0.1, 0.15) is 0 Å². The fourth-order valence-electron chi connectivity index (χ4n) is 1.90. The third-order valence-corrected chi connectivity index (χ3v) is 2.91. The quantitative estimate of drug-likeness (QED) is 0.723. The van der Waals surface area contributed by atoms with E-state index in [1.807, 2.05) is 12.1 Å². The van der Waals surface area contributed by atoms with Crippen LogP contribution >= 0.6 is 0 Å². The topological polar surface area (TPSA) is 48.3 Å². The van der Waals surface area contributed by atoms with Crippen LogP contribution in [0.4, 0.5) is 0 Å². The predicted octanol–water partition coefficient (Wildman–Crippen LogP) is 0.761. The van der Waals surface area contributed by atoms with Crippen LogP contribution in [0.5, 0.6) is 0 Å². The first kappa shape index (κ1) is 11.4. The van der Waals surface area contributed by atoms with Gasteiger partial charge in [0, 0.05) is 13.1 Å². The normalized spacial score (nSPS) is 21.8. The molecule has 1 heterocycles. The lowest BCUT2D eigenvalue weighted by Crippen LogP contribution is -2.35. The molecule has 80 valence electrons. The Labute approximate surface area is 85.8 Å². The fourth-order valence-corrected chi connectivity index (χ4v) is 1.90. The molecular weight excluding hydrogens is 178 g/mol. The standard InChI is InChI=1S/C10H19N3O/c1-12-10(8-11)7-9-3-5-13(14-2)6-4-9/h9-10,12H,3-7H2,1-2H3/t10-/m0/s1. The first-order valence-corrected chi connectivity index (χ1v) is 5.16. The van der Waals surface area contributed by atoms with E-state index in [1.54, 1.807) is 7.11 Å². The van der Waals surface area contributed by atoms with E-state index < -0.39 is 0 Å². The van der Waals surface area contributed by atoms with Crippen molar-refractivity contribution >= 4 is 0 Å². The molecule has 0 aromatic heterocycles. The molecule has 1 aliphatic heterocycles. The summed E-state index contributed by atoms with van der Waals surface area (Å²) in [6, 6.07) is 2.28. The molecular formula is C10H19N3O. The summed E-state index contributed by atoms with van der Waals surface area (Å²) >= 11 is 0. The summed E-state index contributed by atoms with van der Waals surface area (Å²) in [7, 11) is 3.56. The van der Waals surface area contributed by atoms with E-state index in [2.05, 4.69) is 11.4 Å². The zero-order valence-corrected chi connectivity index (χ0v) is 8.99. The van der Waals surface area contributed by atoms with Crippen LogP contribution in [0.2, 0.25) is 0 Å². The molecule has 0 spiro atoms. The molecule has 1 aliphatic rings. The second-order valence-corrected chi connectivity index (χ2v) is 3.76. The first-order valence-electron chi connectivity index (χ1n) is 5.16. The van der Waals surface area contributed by atoms with E-state index in [0.29, 0.717) is 5.92 Å². The largest absolute Gasteiger partial charge is 0.305 e. The summed E-state index contributed by atoms with van der Waals surface area (Å²) in [5.74, 6) is 0.665. The number of hydrogen-bond donors (Lipinski definition) is 1. The van der Waals surface area contributed by atoms with Gasteiger partial charge in [0.25, 0.3) is 0 Å². The molecule has 0 unspecified atom stereocenters. The molecule has 4 heteroatoms. The van der Waals surface area contributed by atoms with Crippen molar-refractivity contribution in [2.45, 2.75) is 25.3 Å². The second kappa shape index (κ2) is 5.97. The predicted molar refractivity (Wildman–Crippen MR) is 54.4 cm³/mol. The highest BCUT2D eigenvalue weighted by atomic mass is 16.7. The van der Waals surface area contributed by atoms with Crippen molar-refractivity contribution in [1.82, 2.24) is 10.4 Å². The molecule has 0 saturated carbocycles. The van der Waals surface area contributed by atoms with Crippen molar-refractivity contribution in [3.8, 4) is 6.07 Å². The lowest BCUT2D eigenvalue weighted by atomic mass is 9.91. The van der Waals surface area contributed by atoms with Crippen LogP contribution in [-0.2, 0) is 4.84 Å². The Morgan fingerprint density at radius 3 is 2.64 bits per heavy atom. The molecule has 0 aromatic rings. The number of nitrogens with zero attached hydrogens (tertiary/aromatic N) is 2. The van der Waals surface area contributed by atoms with Gasteiger partial charge in [-0.05, 0) is 32.2 Å². The Hall–Kier alpha value is -0.630. The SMILES string of the molecule is CN[C@H](C#N)CC1CCN(OC)CC1. The Bertz CT molecular complexity index is 194. The molecule has 0 amide bonds. The third kappa shape index (κ3) is 3.26. The van der Waals surface area contributed by atoms with Gasteiger partial charge in [0.15, 0.2) is 0 Å². The molecule has 0 bridgehead atoms. The van der Waals surface area contributed by atoms with E-state index in [1.165, 1.54) is 0 Å². The molecule has 1 saturated heterocycles. The highest BCUT2D eigenvalue weighted by molar-refractivity contribution is 4.90. The Morgan fingerprint density at radius 1 is 1.57 bits per heavy atom. The fraction of sp³-hybridized carbons (Fsp3) is 0.900. The zero-order chi connectivity index (χ0) is 10.4. The van der Waals surface area contributed by atoms with Gasteiger partial charge in [-0.2, -0.15) is 10.3 Å². The first-order chi connectivity index (χ1) is 6.80. The van der Waals surface area contributed by atoms with Gasteiger partial charge in [0.2, 0.25) is 0 Å². The molecule has 1 rings (SSSR count). The highest BCUT2D eigenvalue weighted by Crippen LogP contribution is 2.21. The number of nitrogens with one attached hydrogen (secondary N) is 1. The minimum absolute atomic E-state index is 0.00842. The summed E-state index contributed by atoms with van der Waals surface area (Å²) in [6.45, 7) is 1.98. The van der Waals surface area contributed by atoms with Crippen LogP contribution in [0.25, 0.3) is 0 Å². The van der Waals surface area contributed by atoms with Gasteiger partial charge in [-0.15, -0.1) is 0 Å². The molecule has 0 radical (unpaired) electrons. The van der Waals surface area contributed by atoms with Crippen LogP contribution in [0.3, 0.4) is 0 Å². The van der Waals surface area contributed by atoms with Crippen LogP contribution in [0.15, 0.2) is 0 Å². The minimum Gasteiger partial charge on any atom is -0.305 e. The number of hydrogen-bond acceptors (Lipinski definition) is 4. The van der Waals surface area contributed by atoms with Crippen LogP contribution in [0, 0.1) is 17.2 Å². The minimum atomic E-state index is 0.00842. The Balaban J connectivity index is 2.25. The van der Waals surface area contributed by atoms with Gasteiger partial charge in [-0.1, -0.05) is 0 Å². The van der Waals surface area contributed by atoms with Gasteiger partial charge < -0.3 is 10.2 Å². The lowest BCUT2D eigenvalue weighted by molar-refractivity contribution is -0.148. The van der Waals surface area contributed by atoms with Gasteiger partial charge in [-0.3, -0.25) is 0 Å². The number of rotatable bonds is 4. The number of piperidine rings is 1. The van der Waals surface area contributed by atoms with Gasteiger partial charge >= 0.3 is 0 Å². The summed E-state index contributed by atoms with van der Waals surface area (Å²) in [4.78, 5) is 5.15. The van der Waals surface area contributed by atoms with E-state index in [-0.39, 0.29) is 6.04 Å². The summed E-state index contributed by atoms with van der Waals surface area (Å²) in [5, 5.41) is 13.8. The van der Waals surface area contributed by atoms with Gasteiger partial charge in [-0.25, -0.2) is 0 Å². The van der Waals surface area contributed by atoms with E-state index in [9.17, 15) is 0 Å². The molecule has 1 fully saturated rings. The van der Waals surface area contributed by atoms with Crippen LogP contribution < -0.4 is 5.32 Å². The van der Waals surface area contributed by atoms with Crippen molar-refractivity contribution in [3.05, 3.63) is 0 Å². The average Bonchev–Trinajstić information content (AvgIpc) is 2.26. The average molecular weight is 197 g/mol. The highest BCUT2D eigenvalue weighted by Gasteiger charge is 2.21. The summed E-state index contributed by atoms with van der Waals surface area (Å²) < 4.78 is 0. The monoisotopic (exact) mass is 197 g/mol. The van der Waals surface area contributed by atoms with Gasteiger partial charge in [0.05, 0.1) is 19.2 Å². The number of hydroxylamine groups is 2. The van der Waals surface area contributed by atoms with Crippen molar-refractivity contribution in [1.29, 1.82) is 5.26 Å². The maximum atomic E-state index is 8.81.